The molecule has 0 fully saturated rings. The maximum absolute atomic E-state index is 12.1. The normalized spacial score (nSPS) is 12.2. The molecule has 2 aromatic rings. The van der Waals surface area contributed by atoms with E-state index in [0.717, 1.165) is 12.1 Å². The first-order valence-electron chi connectivity index (χ1n) is 7.24. The molecule has 1 atom stereocenters. The zero-order valence-corrected chi connectivity index (χ0v) is 13.5. The Morgan fingerprint density at radius 3 is 2.00 bits per heavy atom. The molecule has 0 saturated carbocycles. The molecule has 0 saturated heterocycles. The van der Waals surface area contributed by atoms with Gasteiger partial charge in [0.25, 0.3) is 5.91 Å². The Kier molecular flexibility index (Phi) is 5.74. The lowest BCUT2D eigenvalue weighted by Crippen LogP contribution is -2.30. The number of alkyl halides is 3. The minimum absolute atomic E-state index is 0.324. The second-order valence-corrected chi connectivity index (χ2v) is 5.00. The number of carbonyl (C=O) groups is 1. The van der Waals surface area contributed by atoms with Crippen LogP contribution >= 0.6 is 0 Å². The number of amides is 1. The second kappa shape index (κ2) is 7.78. The highest BCUT2D eigenvalue weighted by Gasteiger charge is 2.31. The Balaban J connectivity index is 1.91. The molecule has 0 unspecified atom stereocenters. The minimum Gasteiger partial charge on any atom is -0.497 e. The Labute approximate surface area is 142 Å². The summed E-state index contributed by atoms with van der Waals surface area (Å²) in [6, 6.07) is 11.5. The van der Waals surface area contributed by atoms with Crippen molar-refractivity contribution in [1.82, 2.24) is 0 Å². The summed E-state index contributed by atoms with van der Waals surface area (Å²) in [5.41, 5.74) is 0.324. The average molecular weight is 355 g/mol. The number of methoxy groups -OCH3 is 1. The fourth-order valence-electron chi connectivity index (χ4n) is 1.90. The van der Waals surface area contributed by atoms with E-state index in [-0.39, 0.29) is 5.75 Å². The Bertz CT molecular complexity index is 699. The molecule has 0 aliphatic heterocycles. The van der Waals surface area contributed by atoms with Crippen LogP contribution in [0.1, 0.15) is 6.92 Å². The largest absolute Gasteiger partial charge is 0.573 e. The van der Waals surface area contributed by atoms with Crippen LogP contribution in [0, 0.1) is 0 Å². The van der Waals surface area contributed by atoms with Gasteiger partial charge in [0.2, 0.25) is 0 Å². The zero-order valence-electron chi connectivity index (χ0n) is 13.5. The van der Waals surface area contributed by atoms with Gasteiger partial charge in [-0.15, -0.1) is 13.2 Å². The van der Waals surface area contributed by atoms with Crippen molar-refractivity contribution in [3.05, 3.63) is 48.5 Å². The van der Waals surface area contributed by atoms with Gasteiger partial charge in [-0.2, -0.15) is 0 Å². The van der Waals surface area contributed by atoms with Crippen LogP contribution in [0.25, 0.3) is 0 Å². The lowest BCUT2D eigenvalue weighted by atomic mass is 10.2. The van der Waals surface area contributed by atoms with E-state index < -0.39 is 18.4 Å². The van der Waals surface area contributed by atoms with Gasteiger partial charge < -0.3 is 19.5 Å². The number of benzene rings is 2. The van der Waals surface area contributed by atoms with Crippen molar-refractivity contribution >= 4 is 11.6 Å². The number of hydrogen-bond acceptors (Lipinski definition) is 4. The SMILES string of the molecule is COc1ccc(O[C@@H](C)C(=O)Nc2ccc(OC(F)(F)F)cc2)cc1. The summed E-state index contributed by atoms with van der Waals surface area (Å²) in [5.74, 6) is 0.330. The Hall–Kier alpha value is -2.90. The first kappa shape index (κ1) is 18.4. The second-order valence-electron chi connectivity index (χ2n) is 5.00. The average Bonchev–Trinajstić information content (AvgIpc) is 2.56. The number of nitrogens with one attached hydrogen (secondary N) is 1. The Morgan fingerprint density at radius 2 is 1.48 bits per heavy atom. The molecule has 0 spiro atoms. The van der Waals surface area contributed by atoms with Crippen molar-refractivity contribution < 1.29 is 32.2 Å². The molecule has 8 heteroatoms. The lowest BCUT2D eigenvalue weighted by molar-refractivity contribution is -0.274. The maximum atomic E-state index is 12.1. The van der Waals surface area contributed by atoms with E-state index in [9.17, 15) is 18.0 Å². The molecular weight excluding hydrogens is 339 g/mol. The van der Waals surface area contributed by atoms with E-state index >= 15 is 0 Å². The van der Waals surface area contributed by atoms with Crippen molar-refractivity contribution in [2.75, 3.05) is 12.4 Å². The van der Waals surface area contributed by atoms with E-state index in [1.807, 2.05) is 0 Å². The van der Waals surface area contributed by atoms with Gasteiger partial charge >= 0.3 is 6.36 Å². The molecule has 0 aliphatic rings. The topological polar surface area (TPSA) is 56.8 Å². The van der Waals surface area contributed by atoms with Crippen molar-refractivity contribution in [1.29, 1.82) is 0 Å². The minimum atomic E-state index is -4.76. The molecular formula is C17H16F3NO4. The van der Waals surface area contributed by atoms with E-state index in [2.05, 4.69) is 10.1 Å². The molecule has 0 radical (unpaired) electrons. The predicted octanol–water partition coefficient (Wildman–Crippen LogP) is 4.00. The van der Waals surface area contributed by atoms with Crippen molar-refractivity contribution in [3.63, 3.8) is 0 Å². The van der Waals surface area contributed by atoms with Crippen LogP contribution in [0.5, 0.6) is 17.2 Å². The molecule has 0 bridgehead atoms. The van der Waals surface area contributed by atoms with E-state index in [4.69, 9.17) is 9.47 Å². The number of ether oxygens (including phenoxy) is 3. The van der Waals surface area contributed by atoms with Crippen LogP contribution < -0.4 is 19.5 Å². The number of carbonyl (C=O) groups excluding carboxylic acids is 1. The highest BCUT2D eigenvalue weighted by Crippen LogP contribution is 2.24. The van der Waals surface area contributed by atoms with Gasteiger partial charge in [0, 0.05) is 5.69 Å². The Morgan fingerprint density at radius 1 is 0.960 bits per heavy atom. The van der Waals surface area contributed by atoms with Crippen LogP contribution in [0.2, 0.25) is 0 Å². The number of halogens is 3. The van der Waals surface area contributed by atoms with Crippen LogP contribution in [0.3, 0.4) is 0 Å². The highest BCUT2D eigenvalue weighted by molar-refractivity contribution is 5.94. The summed E-state index contributed by atoms with van der Waals surface area (Å²) < 4.78 is 50.6. The third-order valence-corrected chi connectivity index (χ3v) is 3.10. The summed E-state index contributed by atoms with van der Waals surface area (Å²) in [4.78, 5) is 12.1. The summed E-state index contributed by atoms with van der Waals surface area (Å²) in [6.45, 7) is 1.56. The van der Waals surface area contributed by atoms with Crippen molar-refractivity contribution in [2.45, 2.75) is 19.4 Å². The number of hydrogen-bond donors (Lipinski definition) is 1. The van der Waals surface area contributed by atoms with Gasteiger partial charge in [0.1, 0.15) is 17.2 Å². The van der Waals surface area contributed by atoms with Crippen LogP contribution in [0.4, 0.5) is 18.9 Å². The standard InChI is InChI=1S/C17H16F3NO4/c1-11(24-14-9-7-13(23-2)8-10-14)16(22)21-12-3-5-15(6-4-12)25-17(18,19)20/h3-11H,1-2H3,(H,21,22)/t11-/m0/s1. The third-order valence-electron chi connectivity index (χ3n) is 3.10. The first-order chi connectivity index (χ1) is 11.8. The number of anilines is 1. The van der Waals surface area contributed by atoms with Gasteiger partial charge in [-0.3, -0.25) is 4.79 Å². The summed E-state index contributed by atoms with van der Waals surface area (Å²) in [6.07, 6.45) is -5.56. The van der Waals surface area contributed by atoms with Gasteiger partial charge in [0.15, 0.2) is 6.10 Å². The van der Waals surface area contributed by atoms with Crippen LogP contribution in [-0.2, 0) is 4.79 Å². The fourth-order valence-corrected chi connectivity index (χ4v) is 1.90. The van der Waals surface area contributed by atoms with Crippen molar-refractivity contribution in [2.24, 2.45) is 0 Å². The molecule has 0 aromatic heterocycles. The number of rotatable bonds is 6. The molecule has 1 N–H and O–H groups in total. The lowest BCUT2D eigenvalue weighted by Gasteiger charge is -2.15. The molecule has 5 nitrogen and oxygen atoms in total. The maximum Gasteiger partial charge on any atom is 0.573 e. The zero-order chi connectivity index (χ0) is 18.4. The van der Waals surface area contributed by atoms with E-state index in [1.165, 1.54) is 19.2 Å². The molecule has 2 rings (SSSR count). The van der Waals surface area contributed by atoms with Crippen LogP contribution in [0.15, 0.2) is 48.5 Å². The van der Waals surface area contributed by atoms with Gasteiger partial charge in [-0.25, -0.2) is 0 Å². The smallest absolute Gasteiger partial charge is 0.497 e. The quantitative estimate of drug-likeness (QED) is 0.851. The molecule has 0 aliphatic carbocycles. The first-order valence-corrected chi connectivity index (χ1v) is 7.24. The van der Waals surface area contributed by atoms with Gasteiger partial charge in [-0.1, -0.05) is 0 Å². The highest BCUT2D eigenvalue weighted by atomic mass is 19.4. The van der Waals surface area contributed by atoms with E-state index in [1.54, 1.807) is 31.2 Å². The van der Waals surface area contributed by atoms with Gasteiger partial charge in [-0.05, 0) is 55.5 Å². The summed E-state index contributed by atoms with van der Waals surface area (Å²) in [5, 5.41) is 2.55. The molecule has 2 aromatic carbocycles. The van der Waals surface area contributed by atoms with Gasteiger partial charge in [0.05, 0.1) is 7.11 Å². The van der Waals surface area contributed by atoms with Crippen molar-refractivity contribution in [3.8, 4) is 17.2 Å². The van der Waals surface area contributed by atoms with Crippen LogP contribution in [-0.4, -0.2) is 25.5 Å². The summed E-state index contributed by atoms with van der Waals surface area (Å²) >= 11 is 0. The predicted molar refractivity (Wildman–Crippen MR) is 84.8 cm³/mol. The van der Waals surface area contributed by atoms with E-state index in [0.29, 0.717) is 17.2 Å². The third kappa shape index (κ3) is 5.91. The molecule has 1 amide bonds. The monoisotopic (exact) mass is 355 g/mol. The fraction of sp³-hybridized carbons (Fsp3) is 0.235. The summed E-state index contributed by atoms with van der Waals surface area (Å²) in [7, 11) is 1.54. The molecule has 25 heavy (non-hydrogen) atoms. The molecule has 0 heterocycles. The molecule has 134 valence electrons.